The van der Waals surface area contributed by atoms with Gasteiger partial charge >= 0.3 is 0 Å². The van der Waals surface area contributed by atoms with Crippen molar-refractivity contribution in [1.29, 1.82) is 0 Å². The average molecular weight is 252 g/mol. The summed E-state index contributed by atoms with van der Waals surface area (Å²) in [5.41, 5.74) is 1.25. The summed E-state index contributed by atoms with van der Waals surface area (Å²) in [5.74, 6) is -0.230. The molecule has 0 bridgehead atoms. The monoisotopic (exact) mass is 251 g/mol. The van der Waals surface area contributed by atoms with Gasteiger partial charge in [-0.3, -0.25) is 4.79 Å². The van der Waals surface area contributed by atoms with E-state index in [-0.39, 0.29) is 18.3 Å². The van der Waals surface area contributed by atoms with Crippen molar-refractivity contribution >= 4 is 27.5 Å². The summed E-state index contributed by atoms with van der Waals surface area (Å²) >= 11 is 5.70. The number of amides is 1. The van der Waals surface area contributed by atoms with Crippen molar-refractivity contribution in [2.45, 2.75) is 13.8 Å². The Balaban J connectivity index is 3.12. The first kappa shape index (κ1) is 12.5. The van der Waals surface area contributed by atoms with E-state index < -0.39 is 15.9 Å². The van der Waals surface area contributed by atoms with Crippen molar-refractivity contribution in [1.82, 2.24) is 4.31 Å². The van der Waals surface area contributed by atoms with Gasteiger partial charge in [-0.25, -0.2) is 12.7 Å². The number of sulfonamides is 1. The summed E-state index contributed by atoms with van der Waals surface area (Å²) in [7, 11) is -3.48. The Morgan fingerprint density at radius 2 is 2.00 bits per heavy atom. The van der Waals surface area contributed by atoms with Crippen molar-refractivity contribution in [3.63, 3.8) is 0 Å². The van der Waals surface area contributed by atoms with E-state index in [1.54, 1.807) is 0 Å². The van der Waals surface area contributed by atoms with E-state index in [2.05, 4.69) is 0 Å². The molecule has 1 aliphatic rings. The SMILES string of the molecule is CC(C)C1=C(CCl)CN(S(C)(=O)=O)C1=O. The van der Waals surface area contributed by atoms with E-state index in [4.69, 9.17) is 11.6 Å². The highest BCUT2D eigenvalue weighted by atomic mass is 35.5. The zero-order chi connectivity index (χ0) is 11.8. The van der Waals surface area contributed by atoms with E-state index >= 15 is 0 Å². The van der Waals surface area contributed by atoms with Crippen LogP contribution in [0.25, 0.3) is 0 Å². The molecule has 1 amide bonds. The fourth-order valence-corrected chi connectivity index (χ4v) is 2.67. The number of alkyl halides is 1. The minimum Gasteiger partial charge on any atom is -0.268 e. The van der Waals surface area contributed by atoms with Gasteiger partial charge in [0.1, 0.15) is 0 Å². The molecule has 1 rings (SSSR count). The Hall–Kier alpha value is -0.550. The maximum atomic E-state index is 11.8. The molecule has 1 aliphatic heterocycles. The lowest BCUT2D eigenvalue weighted by atomic mass is 10.0. The molecule has 0 atom stereocenters. The largest absolute Gasteiger partial charge is 0.268 e. The zero-order valence-corrected chi connectivity index (χ0v) is 10.5. The first-order valence-corrected chi connectivity index (χ1v) is 6.97. The zero-order valence-electron chi connectivity index (χ0n) is 8.95. The van der Waals surface area contributed by atoms with Crippen LogP contribution < -0.4 is 0 Å². The molecule has 0 saturated carbocycles. The van der Waals surface area contributed by atoms with Crippen molar-refractivity contribution < 1.29 is 13.2 Å². The van der Waals surface area contributed by atoms with Crippen LogP contribution in [-0.2, 0) is 14.8 Å². The molecule has 0 radical (unpaired) electrons. The van der Waals surface area contributed by atoms with Gasteiger partial charge in [0.25, 0.3) is 5.91 Å². The second-order valence-electron chi connectivity index (χ2n) is 3.88. The molecule has 86 valence electrons. The van der Waals surface area contributed by atoms with Gasteiger partial charge in [-0.2, -0.15) is 0 Å². The second kappa shape index (κ2) is 4.14. The molecule has 0 aromatic rings. The lowest BCUT2D eigenvalue weighted by Gasteiger charge is -2.14. The number of carbonyl (C=O) groups is 1. The highest BCUT2D eigenvalue weighted by Crippen LogP contribution is 2.27. The molecule has 0 fully saturated rings. The third-order valence-electron chi connectivity index (χ3n) is 2.31. The molecule has 0 saturated heterocycles. The van der Waals surface area contributed by atoms with E-state index in [1.807, 2.05) is 13.8 Å². The molecular weight excluding hydrogens is 238 g/mol. The van der Waals surface area contributed by atoms with Crippen LogP contribution in [0.5, 0.6) is 0 Å². The maximum absolute atomic E-state index is 11.8. The summed E-state index contributed by atoms with van der Waals surface area (Å²) in [6.45, 7) is 3.81. The van der Waals surface area contributed by atoms with E-state index in [0.29, 0.717) is 11.1 Å². The van der Waals surface area contributed by atoms with Crippen LogP contribution in [0.4, 0.5) is 0 Å². The number of hydrogen-bond acceptors (Lipinski definition) is 3. The first-order valence-electron chi connectivity index (χ1n) is 4.59. The van der Waals surface area contributed by atoms with Gasteiger partial charge in [0.05, 0.1) is 12.8 Å². The van der Waals surface area contributed by atoms with Gasteiger partial charge in [-0.1, -0.05) is 13.8 Å². The minimum absolute atomic E-state index is 0.00185. The van der Waals surface area contributed by atoms with Crippen molar-refractivity contribution in [3.05, 3.63) is 11.1 Å². The molecular formula is C9H14ClNO3S. The standard InChI is InChI=1S/C9H14ClNO3S/c1-6(2)8-7(4-10)5-11(9(8)12)15(3,13)14/h6H,4-5H2,1-3H3. The van der Waals surface area contributed by atoms with Crippen LogP contribution in [0.1, 0.15) is 13.8 Å². The Labute approximate surface area is 94.9 Å². The molecule has 0 unspecified atom stereocenters. The number of halogens is 1. The van der Waals surface area contributed by atoms with Crippen LogP contribution >= 0.6 is 11.6 Å². The average Bonchev–Trinajstić information content (AvgIpc) is 2.41. The number of carbonyl (C=O) groups excluding carboxylic acids is 1. The quantitative estimate of drug-likeness (QED) is 0.703. The van der Waals surface area contributed by atoms with Crippen molar-refractivity contribution in [2.24, 2.45) is 5.92 Å². The van der Waals surface area contributed by atoms with Gasteiger partial charge in [0.2, 0.25) is 10.0 Å². The minimum atomic E-state index is -3.48. The summed E-state index contributed by atoms with van der Waals surface area (Å²) < 4.78 is 23.5. The highest BCUT2D eigenvalue weighted by molar-refractivity contribution is 7.88. The Kier molecular flexibility index (Phi) is 3.45. The number of hydrogen-bond donors (Lipinski definition) is 0. The predicted molar refractivity (Wildman–Crippen MR) is 59.1 cm³/mol. The Morgan fingerprint density at radius 3 is 2.27 bits per heavy atom. The highest BCUT2D eigenvalue weighted by Gasteiger charge is 2.36. The van der Waals surface area contributed by atoms with Crippen LogP contribution in [0, 0.1) is 5.92 Å². The third-order valence-corrected chi connectivity index (χ3v) is 3.73. The predicted octanol–water partition coefficient (Wildman–Crippen LogP) is 0.980. The van der Waals surface area contributed by atoms with Crippen LogP contribution in [0.15, 0.2) is 11.1 Å². The van der Waals surface area contributed by atoms with Gasteiger partial charge in [0.15, 0.2) is 0 Å². The fraction of sp³-hybridized carbons (Fsp3) is 0.667. The first-order chi connectivity index (χ1) is 6.79. The number of nitrogens with zero attached hydrogens (tertiary/aromatic N) is 1. The lowest BCUT2D eigenvalue weighted by molar-refractivity contribution is -0.121. The van der Waals surface area contributed by atoms with E-state index in [9.17, 15) is 13.2 Å². The molecule has 1 heterocycles. The number of rotatable bonds is 3. The van der Waals surface area contributed by atoms with Crippen LogP contribution in [-0.4, -0.2) is 37.3 Å². The van der Waals surface area contributed by atoms with Gasteiger partial charge in [0, 0.05) is 11.5 Å². The van der Waals surface area contributed by atoms with Gasteiger partial charge < -0.3 is 0 Å². The van der Waals surface area contributed by atoms with Gasteiger partial charge in [-0.05, 0) is 11.5 Å². The Bertz CT molecular complexity index is 411. The van der Waals surface area contributed by atoms with E-state index in [0.717, 1.165) is 10.6 Å². The summed E-state index contributed by atoms with van der Waals surface area (Å²) in [4.78, 5) is 11.8. The Morgan fingerprint density at radius 1 is 1.47 bits per heavy atom. The van der Waals surface area contributed by atoms with Crippen LogP contribution in [0.2, 0.25) is 0 Å². The molecule has 6 heteroatoms. The third kappa shape index (κ3) is 2.34. The van der Waals surface area contributed by atoms with E-state index in [1.165, 1.54) is 0 Å². The maximum Gasteiger partial charge on any atom is 0.263 e. The summed E-state index contributed by atoms with van der Waals surface area (Å²) in [5, 5.41) is 0. The van der Waals surface area contributed by atoms with Crippen LogP contribution in [0.3, 0.4) is 0 Å². The second-order valence-corrected chi connectivity index (χ2v) is 6.05. The van der Waals surface area contributed by atoms with Crippen molar-refractivity contribution in [2.75, 3.05) is 18.7 Å². The smallest absolute Gasteiger partial charge is 0.263 e. The normalized spacial score (nSPS) is 18.2. The topological polar surface area (TPSA) is 54.5 Å². The fourth-order valence-electron chi connectivity index (χ4n) is 1.65. The molecule has 0 aromatic carbocycles. The van der Waals surface area contributed by atoms with Gasteiger partial charge in [-0.15, -0.1) is 11.6 Å². The summed E-state index contributed by atoms with van der Waals surface area (Å²) in [6.07, 6.45) is 1.03. The molecule has 0 spiro atoms. The molecule has 15 heavy (non-hydrogen) atoms. The van der Waals surface area contributed by atoms with Crippen molar-refractivity contribution in [3.8, 4) is 0 Å². The molecule has 0 aliphatic carbocycles. The molecule has 0 aromatic heterocycles. The molecule has 4 nitrogen and oxygen atoms in total. The lowest BCUT2D eigenvalue weighted by Crippen LogP contribution is -2.33. The molecule has 0 N–H and O–H groups in total. The summed E-state index contributed by atoms with van der Waals surface area (Å²) in [6, 6.07) is 0.